The number of amides is 2. The molecule has 2 heterocycles. The third kappa shape index (κ3) is 5.59. The van der Waals surface area contributed by atoms with Gasteiger partial charge in [-0.3, -0.25) is 9.59 Å². The van der Waals surface area contributed by atoms with E-state index in [1.54, 1.807) is 16.2 Å². The van der Waals surface area contributed by atoms with Crippen LogP contribution in [0.3, 0.4) is 0 Å². The molecule has 5 rings (SSSR count). The summed E-state index contributed by atoms with van der Waals surface area (Å²) < 4.78 is 6.14. The highest BCUT2D eigenvalue weighted by molar-refractivity contribution is 7.10. The first kappa shape index (κ1) is 23.6. The van der Waals surface area contributed by atoms with E-state index in [4.69, 9.17) is 4.74 Å². The summed E-state index contributed by atoms with van der Waals surface area (Å²) in [6, 6.07) is 17.6. The second kappa shape index (κ2) is 10.2. The third-order valence-electron chi connectivity index (χ3n) is 6.93. The number of thiophene rings is 1. The van der Waals surface area contributed by atoms with Crippen LogP contribution in [0.4, 0.5) is 0 Å². The Kier molecular flexibility index (Phi) is 6.91. The van der Waals surface area contributed by atoms with Crippen molar-refractivity contribution in [3.05, 3.63) is 87.1 Å². The fourth-order valence-corrected chi connectivity index (χ4v) is 5.58. The van der Waals surface area contributed by atoms with Crippen molar-refractivity contribution >= 4 is 23.2 Å². The highest BCUT2D eigenvalue weighted by atomic mass is 32.1. The number of carbonyl (C=O) groups excluding carboxylic acids is 2. The molecule has 0 unspecified atom stereocenters. The van der Waals surface area contributed by atoms with Crippen LogP contribution >= 0.6 is 11.3 Å². The van der Waals surface area contributed by atoms with Gasteiger partial charge in [0.2, 0.25) is 5.91 Å². The van der Waals surface area contributed by atoms with Crippen LogP contribution in [0.5, 0.6) is 5.75 Å². The Hall–Kier alpha value is -3.12. The molecule has 1 aromatic heterocycles. The molecular weight excluding hydrogens is 456 g/mol. The van der Waals surface area contributed by atoms with Crippen molar-refractivity contribution in [3.8, 4) is 5.75 Å². The predicted octanol–water partition coefficient (Wildman–Crippen LogP) is 5.42. The van der Waals surface area contributed by atoms with E-state index in [0.29, 0.717) is 31.2 Å². The summed E-state index contributed by atoms with van der Waals surface area (Å²) in [5.41, 5.74) is 4.10. The molecule has 0 radical (unpaired) electrons. The third-order valence-corrected chi connectivity index (χ3v) is 7.93. The zero-order chi connectivity index (χ0) is 24.4. The van der Waals surface area contributed by atoms with Gasteiger partial charge in [-0.15, -0.1) is 11.3 Å². The van der Waals surface area contributed by atoms with E-state index in [1.807, 2.05) is 67.3 Å². The van der Waals surface area contributed by atoms with E-state index < -0.39 is 0 Å². The lowest BCUT2D eigenvalue weighted by molar-refractivity contribution is -0.135. The molecule has 2 aliphatic rings. The predicted molar refractivity (Wildman–Crippen MR) is 139 cm³/mol. The van der Waals surface area contributed by atoms with Crippen LogP contribution in [0.25, 0.3) is 0 Å². The first-order valence-electron chi connectivity index (χ1n) is 12.4. The molecule has 0 bridgehead atoms. The van der Waals surface area contributed by atoms with Gasteiger partial charge in [0.1, 0.15) is 18.9 Å². The maximum absolute atomic E-state index is 13.7. The zero-order valence-electron chi connectivity index (χ0n) is 20.4. The molecule has 182 valence electrons. The molecule has 6 heteroatoms. The van der Waals surface area contributed by atoms with Crippen molar-refractivity contribution in [3.63, 3.8) is 0 Å². The van der Waals surface area contributed by atoms with E-state index in [2.05, 4.69) is 11.4 Å². The maximum atomic E-state index is 13.7. The minimum Gasteiger partial charge on any atom is -0.491 e. The smallest absolute Gasteiger partial charge is 0.254 e. The first-order chi connectivity index (χ1) is 17.0. The molecule has 5 nitrogen and oxygen atoms in total. The summed E-state index contributed by atoms with van der Waals surface area (Å²) in [6.07, 6.45) is 3.09. The number of hydrogen-bond acceptors (Lipinski definition) is 4. The maximum Gasteiger partial charge on any atom is 0.254 e. The zero-order valence-corrected chi connectivity index (χ0v) is 21.2. The SMILES string of the molecule is Cc1ccc(OC[C@@H]2c3ccsc3CCN2C(=O)CN(CC2CC2)C(=O)c2ccc(C)cc2)cc1. The Balaban J connectivity index is 1.33. The fourth-order valence-electron chi connectivity index (χ4n) is 4.65. The lowest BCUT2D eigenvalue weighted by Crippen LogP contribution is -2.48. The normalized spacial score (nSPS) is 17.1. The summed E-state index contributed by atoms with van der Waals surface area (Å²) in [6.45, 7) is 5.84. The lowest BCUT2D eigenvalue weighted by atomic mass is 10.00. The van der Waals surface area contributed by atoms with E-state index in [1.165, 1.54) is 16.0 Å². The van der Waals surface area contributed by atoms with Crippen molar-refractivity contribution in [1.29, 1.82) is 0 Å². The Morgan fingerprint density at radius 1 is 1.00 bits per heavy atom. The van der Waals surface area contributed by atoms with Crippen LogP contribution in [-0.2, 0) is 11.2 Å². The number of nitrogens with zero attached hydrogens (tertiary/aromatic N) is 2. The van der Waals surface area contributed by atoms with Crippen LogP contribution in [0.15, 0.2) is 60.0 Å². The van der Waals surface area contributed by atoms with Crippen molar-refractivity contribution < 1.29 is 14.3 Å². The molecule has 1 fully saturated rings. The largest absolute Gasteiger partial charge is 0.491 e. The van der Waals surface area contributed by atoms with Gasteiger partial charge in [-0.2, -0.15) is 0 Å². The lowest BCUT2D eigenvalue weighted by Gasteiger charge is -2.37. The van der Waals surface area contributed by atoms with Gasteiger partial charge in [-0.1, -0.05) is 35.4 Å². The molecule has 1 saturated carbocycles. The van der Waals surface area contributed by atoms with Gasteiger partial charge in [-0.05, 0) is 80.3 Å². The second-order valence-corrected chi connectivity index (χ2v) is 10.8. The monoisotopic (exact) mass is 488 g/mol. The summed E-state index contributed by atoms with van der Waals surface area (Å²) in [4.78, 5) is 32.0. The van der Waals surface area contributed by atoms with Crippen molar-refractivity contribution in [1.82, 2.24) is 9.80 Å². The highest BCUT2D eigenvalue weighted by Gasteiger charge is 2.35. The summed E-state index contributed by atoms with van der Waals surface area (Å²) in [5.74, 6) is 1.23. The van der Waals surface area contributed by atoms with Crippen molar-refractivity contribution in [2.75, 3.05) is 26.2 Å². The number of benzene rings is 2. The van der Waals surface area contributed by atoms with Gasteiger partial charge in [0.15, 0.2) is 0 Å². The number of hydrogen-bond donors (Lipinski definition) is 0. The van der Waals surface area contributed by atoms with Crippen molar-refractivity contribution in [2.45, 2.75) is 39.2 Å². The highest BCUT2D eigenvalue weighted by Crippen LogP contribution is 2.35. The van der Waals surface area contributed by atoms with Gasteiger partial charge in [-0.25, -0.2) is 0 Å². The number of carbonyl (C=O) groups is 2. The summed E-state index contributed by atoms with van der Waals surface area (Å²) in [7, 11) is 0. The first-order valence-corrected chi connectivity index (χ1v) is 13.3. The molecular formula is C29H32N2O3S. The molecule has 1 aliphatic carbocycles. The Morgan fingerprint density at radius 3 is 2.37 bits per heavy atom. The number of rotatable bonds is 8. The minimum absolute atomic E-state index is 0.0135. The fraction of sp³-hybridized carbons (Fsp3) is 0.379. The molecule has 1 atom stereocenters. The van der Waals surface area contributed by atoms with Crippen molar-refractivity contribution in [2.24, 2.45) is 5.92 Å². The van der Waals surface area contributed by atoms with Gasteiger partial charge in [0, 0.05) is 23.5 Å². The van der Waals surface area contributed by atoms with Crippen LogP contribution in [0.2, 0.25) is 0 Å². The molecule has 2 amide bonds. The van der Waals surface area contributed by atoms with Crippen LogP contribution < -0.4 is 4.74 Å². The standard InChI is InChI=1S/C29H32N2O3S/c1-20-3-9-23(10-4-20)29(33)30(17-22-7-8-22)18-28(32)31-15-13-27-25(14-16-35-27)26(31)19-34-24-11-5-21(2)6-12-24/h3-6,9-12,14,16,22,26H,7-8,13,15,17-19H2,1-2H3/t26-/m1/s1. The van der Waals surface area contributed by atoms with E-state index in [9.17, 15) is 9.59 Å². The van der Waals surface area contributed by atoms with Crippen LogP contribution in [0, 0.1) is 19.8 Å². The second-order valence-electron chi connectivity index (χ2n) is 9.77. The number of fused-ring (bicyclic) bond motifs is 1. The topological polar surface area (TPSA) is 49.9 Å². The Labute approximate surface area is 211 Å². The molecule has 2 aromatic carbocycles. The van der Waals surface area contributed by atoms with Gasteiger partial charge in [0.05, 0.1) is 6.04 Å². The Bertz CT molecular complexity index is 1180. The summed E-state index contributed by atoms with van der Waals surface area (Å²) in [5, 5.41) is 2.10. The van der Waals surface area contributed by atoms with E-state index in [0.717, 1.165) is 30.6 Å². The van der Waals surface area contributed by atoms with E-state index in [-0.39, 0.29) is 24.4 Å². The molecule has 0 saturated heterocycles. The van der Waals surface area contributed by atoms with Gasteiger partial charge < -0.3 is 14.5 Å². The van der Waals surface area contributed by atoms with E-state index >= 15 is 0 Å². The molecule has 0 spiro atoms. The number of aryl methyl sites for hydroxylation is 2. The molecule has 3 aromatic rings. The quantitative estimate of drug-likeness (QED) is 0.425. The Morgan fingerprint density at radius 2 is 1.69 bits per heavy atom. The molecule has 0 N–H and O–H groups in total. The van der Waals surface area contributed by atoms with Crippen LogP contribution in [-0.4, -0.2) is 47.9 Å². The average molecular weight is 489 g/mol. The molecule has 1 aliphatic heterocycles. The minimum atomic E-state index is -0.156. The number of ether oxygens (including phenoxy) is 1. The van der Waals surface area contributed by atoms with Crippen LogP contribution in [0.1, 0.15) is 50.8 Å². The summed E-state index contributed by atoms with van der Waals surface area (Å²) >= 11 is 1.74. The van der Waals surface area contributed by atoms with Gasteiger partial charge in [0.25, 0.3) is 5.91 Å². The average Bonchev–Trinajstić information content (AvgIpc) is 3.55. The van der Waals surface area contributed by atoms with Gasteiger partial charge >= 0.3 is 0 Å². The molecule has 35 heavy (non-hydrogen) atoms.